The van der Waals surface area contributed by atoms with Crippen molar-refractivity contribution in [1.82, 2.24) is 9.47 Å². The van der Waals surface area contributed by atoms with E-state index in [0.717, 1.165) is 47.4 Å². The molecule has 0 saturated heterocycles. The normalized spacial score (nSPS) is 25.0. The molecule has 6 nitrogen and oxygen atoms in total. The van der Waals surface area contributed by atoms with Gasteiger partial charge in [0.15, 0.2) is 0 Å². The fourth-order valence-electron chi connectivity index (χ4n) is 6.58. The van der Waals surface area contributed by atoms with Crippen LogP contribution in [-0.4, -0.2) is 39.2 Å². The van der Waals surface area contributed by atoms with Crippen molar-refractivity contribution in [2.75, 3.05) is 6.54 Å². The summed E-state index contributed by atoms with van der Waals surface area (Å²) >= 11 is 0. The minimum Gasteiger partial charge on any atom is -0.481 e. The highest BCUT2D eigenvalue weighted by molar-refractivity contribution is 5.80. The van der Waals surface area contributed by atoms with Crippen LogP contribution in [0.1, 0.15) is 66.5 Å². The topological polar surface area (TPSA) is 86.4 Å². The van der Waals surface area contributed by atoms with Gasteiger partial charge in [0.05, 0.1) is 17.5 Å². The number of aliphatic carboxylic acids is 1. The maximum absolute atomic E-state index is 13.4. The molecule has 2 fully saturated rings. The van der Waals surface area contributed by atoms with Gasteiger partial charge in [-0.3, -0.25) is 9.59 Å². The summed E-state index contributed by atoms with van der Waals surface area (Å²) in [5.41, 5.74) is 2.10. The van der Waals surface area contributed by atoms with E-state index in [1.807, 2.05) is 21.7 Å². The van der Waals surface area contributed by atoms with E-state index in [0.29, 0.717) is 51.7 Å². The molecule has 196 valence electrons. The zero-order valence-corrected chi connectivity index (χ0v) is 20.5. The zero-order valence-electron chi connectivity index (χ0n) is 20.5. The standard InChI is InChI=1S/C28H30F3N3O3/c29-28(30,31)21-5-3-19(4-6-21)15-34-16-20(2-1-12-32)22-7-13-33(17-23(22)34)24(35)14-26-8-10-27(18-26,11-9-26)25(36)37/h1-6,12,16,32H,7-11,13-15,17-18H2,(H,36,37)/b2-1-,32-12?. The number of aromatic nitrogens is 1. The number of benzene rings is 1. The fraction of sp³-hybridized carbons (Fsp3) is 0.464. The molecule has 0 spiro atoms. The molecule has 3 aliphatic rings. The fourth-order valence-corrected chi connectivity index (χ4v) is 6.58. The quantitative estimate of drug-likeness (QED) is 0.478. The molecule has 0 atom stereocenters. The van der Waals surface area contributed by atoms with Gasteiger partial charge in [0.1, 0.15) is 0 Å². The van der Waals surface area contributed by atoms with Crippen molar-refractivity contribution in [1.29, 1.82) is 5.41 Å². The molecule has 2 aromatic rings. The Bertz CT molecular complexity index is 1250. The highest BCUT2D eigenvalue weighted by Crippen LogP contribution is 2.63. The molecular weight excluding hydrogens is 483 g/mol. The number of carbonyl (C=O) groups excluding carboxylic acids is 1. The van der Waals surface area contributed by atoms with Crippen LogP contribution < -0.4 is 0 Å². The predicted octanol–water partition coefficient (Wildman–Crippen LogP) is 5.53. The number of alkyl halides is 3. The maximum Gasteiger partial charge on any atom is 0.416 e. The van der Waals surface area contributed by atoms with E-state index in [2.05, 4.69) is 0 Å². The van der Waals surface area contributed by atoms with E-state index in [-0.39, 0.29) is 11.3 Å². The van der Waals surface area contributed by atoms with Crippen molar-refractivity contribution >= 4 is 24.2 Å². The van der Waals surface area contributed by atoms with Crippen LogP contribution in [0, 0.1) is 16.2 Å². The molecule has 9 heteroatoms. The molecule has 1 amide bonds. The zero-order chi connectivity index (χ0) is 26.4. The van der Waals surface area contributed by atoms with Crippen molar-refractivity contribution in [2.45, 2.75) is 64.2 Å². The van der Waals surface area contributed by atoms with Gasteiger partial charge in [-0.1, -0.05) is 18.2 Å². The number of rotatable bonds is 7. The van der Waals surface area contributed by atoms with Gasteiger partial charge in [0, 0.05) is 37.6 Å². The van der Waals surface area contributed by atoms with Crippen LogP contribution >= 0.6 is 0 Å². The highest BCUT2D eigenvalue weighted by Gasteiger charge is 2.58. The average molecular weight is 514 g/mol. The largest absolute Gasteiger partial charge is 0.481 e. The molecule has 2 saturated carbocycles. The van der Waals surface area contributed by atoms with Crippen molar-refractivity contribution in [3.05, 3.63) is 64.5 Å². The first-order chi connectivity index (χ1) is 17.5. The lowest BCUT2D eigenvalue weighted by molar-refractivity contribution is -0.148. The molecule has 2 heterocycles. The Morgan fingerprint density at radius 2 is 1.81 bits per heavy atom. The van der Waals surface area contributed by atoms with E-state index in [4.69, 9.17) is 5.41 Å². The van der Waals surface area contributed by atoms with E-state index in [9.17, 15) is 27.9 Å². The monoisotopic (exact) mass is 513 g/mol. The Kier molecular flexibility index (Phi) is 6.28. The summed E-state index contributed by atoms with van der Waals surface area (Å²) in [7, 11) is 0. The Hall–Kier alpha value is -3.36. The summed E-state index contributed by atoms with van der Waals surface area (Å²) in [5.74, 6) is -0.707. The molecule has 5 rings (SSSR count). The average Bonchev–Trinajstić information content (AvgIpc) is 3.53. The SMILES string of the molecule is N=C/C=C\c1cn(Cc2ccc(C(F)(F)F)cc2)c2c1CCN(C(=O)CC13CCC(C(=O)O)(CC1)C3)C2. The number of nitrogens with zero attached hydrogens (tertiary/aromatic N) is 2. The number of carboxylic acid groups (broad SMARTS) is 1. The van der Waals surface area contributed by atoms with Crippen molar-refractivity contribution < 1.29 is 27.9 Å². The second-order valence-electron chi connectivity index (χ2n) is 10.9. The smallest absolute Gasteiger partial charge is 0.416 e. The predicted molar refractivity (Wildman–Crippen MR) is 132 cm³/mol. The summed E-state index contributed by atoms with van der Waals surface area (Å²) in [4.78, 5) is 27.1. The Morgan fingerprint density at radius 3 is 2.41 bits per heavy atom. The number of hydrogen-bond donors (Lipinski definition) is 2. The van der Waals surface area contributed by atoms with Crippen molar-refractivity contribution in [3.8, 4) is 0 Å². The summed E-state index contributed by atoms with van der Waals surface area (Å²) in [5, 5.41) is 17.0. The second-order valence-corrected chi connectivity index (χ2v) is 10.9. The summed E-state index contributed by atoms with van der Waals surface area (Å²) in [6.07, 6.45) is 6.60. The van der Waals surface area contributed by atoms with E-state index >= 15 is 0 Å². The molecule has 1 aliphatic heterocycles. The summed E-state index contributed by atoms with van der Waals surface area (Å²) < 4.78 is 40.9. The van der Waals surface area contributed by atoms with Gasteiger partial charge in [0.2, 0.25) is 5.91 Å². The Labute approximate surface area is 213 Å². The number of nitrogens with one attached hydrogen (secondary N) is 1. The molecule has 2 N–H and O–H groups in total. The Morgan fingerprint density at radius 1 is 1.11 bits per heavy atom. The highest BCUT2D eigenvalue weighted by atomic mass is 19.4. The van der Waals surface area contributed by atoms with Crippen LogP contribution in [0.15, 0.2) is 36.5 Å². The summed E-state index contributed by atoms with van der Waals surface area (Å²) in [6, 6.07) is 5.11. The lowest BCUT2D eigenvalue weighted by Gasteiger charge is -2.33. The molecule has 1 aromatic heterocycles. The minimum absolute atomic E-state index is 0.0348. The van der Waals surface area contributed by atoms with Crippen LogP contribution in [0.3, 0.4) is 0 Å². The number of fused-ring (bicyclic) bond motifs is 3. The van der Waals surface area contributed by atoms with Gasteiger partial charge in [-0.05, 0) is 78.8 Å². The van der Waals surface area contributed by atoms with Gasteiger partial charge in [-0.15, -0.1) is 0 Å². The van der Waals surface area contributed by atoms with E-state index < -0.39 is 23.1 Å². The van der Waals surface area contributed by atoms with Gasteiger partial charge in [-0.25, -0.2) is 0 Å². The van der Waals surface area contributed by atoms with Gasteiger partial charge >= 0.3 is 12.1 Å². The van der Waals surface area contributed by atoms with E-state index in [1.54, 1.807) is 6.08 Å². The lowest BCUT2D eigenvalue weighted by Crippen LogP contribution is -2.39. The second kappa shape index (κ2) is 9.19. The number of amides is 1. The van der Waals surface area contributed by atoms with Crippen molar-refractivity contribution in [3.63, 3.8) is 0 Å². The first-order valence-corrected chi connectivity index (χ1v) is 12.6. The van der Waals surface area contributed by atoms with Crippen LogP contribution in [0.2, 0.25) is 0 Å². The molecular formula is C28H30F3N3O3. The molecule has 2 bridgehead atoms. The molecule has 0 unspecified atom stereocenters. The Balaban J connectivity index is 1.35. The van der Waals surface area contributed by atoms with Crippen LogP contribution in [-0.2, 0) is 35.3 Å². The number of carboxylic acids is 1. The molecule has 0 radical (unpaired) electrons. The first kappa shape index (κ1) is 25.3. The lowest BCUT2D eigenvalue weighted by atomic mass is 9.80. The molecule has 37 heavy (non-hydrogen) atoms. The van der Waals surface area contributed by atoms with Gasteiger partial charge in [-0.2, -0.15) is 13.2 Å². The van der Waals surface area contributed by atoms with Crippen molar-refractivity contribution in [2.24, 2.45) is 10.8 Å². The number of halogens is 3. The van der Waals surface area contributed by atoms with Crippen LogP contribution in [0.25, 0.3) is 6.08 Å². The summed E-state index contributed by atoms with van der Waals surface area (Å²) in [6.45, 7) is 1.32. The van der Waals surface area contributed by atoms with Gasteiger partial charge < -0.3 is 20.0 Å². The third kappa shape index (κ3) is 4.71. The third-order valence-electron chi connectivity index (χ3n) is 8.63. The number of hydrogen-bond acceptors (Lipinski definition) is 3. The van der Waals surface area contributed by atoms with E-state index in [1.165, 1.54) is 18.3 Å². The molecule has 1 aromatic carbocycles. The van der Waals surface area contributed by atoms with Crippen LogP contribution in [0.4, 0.5) is 13.2 Å². The minimum atomic E-state index is -4.39. The maximum atomic E-state index is 13.4. The number of allylic oxidation sites excluding steroid dienone is 1. The third-order valence-corrected chi connectivity index (χ3v) is 8.63. The molecule has 2 aliphatic carbocycles. The first-order valence-electron chi connectivity index (χ1n) is 12.6. The number of carbonyl (C=O) groups is 2. The van der Waals surface area contributed by atoms with Gasteiger partial charge in [0.25, 0.3) is 0 Å². The van der Waals surface area contributed by atoms with Crippen LogP contribution in [0.5, 0.6) is 0 Å².